The van der Waals surface area contributed by atoms with Crippen molar-refractivity contribution in [3.05, 3.63) is 193 Å². The molecule has 1 N–H and O–H groups in total. The first kappa shape index (κ1) is 30.6. The summed E-state index contributed by atoms with van der Waals surface area (Å²) in [6.07, 6.45) is 2.71. The second-order valence-electron chi connectivity index (χ2n) is 11.9. The molecule has 7 rings (SSSR count). The molecule has 1 unspecified atom stereocenters. The van der Waals surface area contributed by atoms with E-state index in [1.165, 1.54) is 22.3 Å². The molecule has 0 aliphatic carbocycles. The normalized spacial score (nSPS) is 11.9. The first-order chi connectivity index (χ1) is 23.5. The van der Waals surface area contributed by atoms with E-state index in [4.69, 9.17) is 0 Å². The third kappa shape index (κ3) is 6.59. The van der Waals surface area contributed by atoms with Gasteiger partial charge in [-0.2, -0.15) is 0 Å². The molecule has 0 aliphatic rings. The molecule has 3 heteroatoms. The van der Waals surface area contributed by atoms with Crippen molar-refractivity contribution in [2.75, 3.05) is 4.90 Å². The van der Waals surface area contributed by atoms with Gasteiger partial charge in [0.15, 0.2) is 5.78 Å². The van der Waals surface area contributed by atoms with Crippen LogP contribution in [-0.4, -0.2) is 10.9 Å². The molecule has 0 spiro atoms. The van der Waals surface area contributed by atoms with Crippen molar-refractivity contribution < 1.29 is 9.90 Å². The number of anilines is 3. The number of aliphatic hydroxyl groups excluding tert-OH is 1. The molecule has 0 amide bonds. The van der Waals surface area contributed by atoms with Crippen molar-refractivity contribution in [2.45, 2.75) is 13.0 Å². The number of allylic oxidation sites excluding steroid dienone is 1. The minimum atomic E-state index is -0.712. The highest BCUT2D eigenvalue weighted by atomic mass is 16.3. The van der Waals surface area contributed by atoms with Crippen LogP contribution in [0, 0.1) is 0 Å². The van der Waals surface area contributed by atoms with Crippen molar-refractivity contribution in [3.63, 3.8) is 0 Å². The standard InChI is InChI=1S/C45H35NO2/c1-32(47)43-14-8-9-15-44(43)45(48)29-17-33-16-18-39-31-42(28-23-38(39)30-33)46(40-24-19-36(20-25-40)34-10-4-2-5-11-34)41-26-21-37(22-27-41)35-12-6-3-7-13-35/h2-32,47H,1H3. The molecule has 0 aliphatic heterocycles. The summed E-state index contributed by atoms with van der Waals surface area (Å²) in [5.74, 6) is -0.130. The van der Waals surface area contributed by atoms with Crippen molar-refractivity contribution in [3.8, 4) is 22.3 Å². The van der Waals surface area contributed by atoms with Gasteiger partial charge in [-0.25, -0.2) is 0 Å². The summed E-state index contributed by atoms with van der Waals surface area (Å²) in [6.45, 7) is 1.67. The zero-order valence-corrected chi connectivity index (χ0v) is 26.7. The zero-order chi connectivity index (χ0) is 32.9. The van der Waals surface area contributed by atoms with E-state index in [2.05, 4.69) is 132 Å². The number of aliphatic hydroxyl groups is 1. The van der Waals surface area contributed by atoms with Crippen LogP contribution in [-0.2, 0) is 0 Å². The van der Waals surface area contributed by atoms with Crippen LogP contribution in [0.1, 0.15) is 34.5 Å². The minimum absolute atomic E-state index is 0.130. The molecule has 0 saturated heterocycles. The maximum atomic E-state index is 13.0. The number of carbonyl (C=O) groups excluding carboxylic acids is 1. The van der Waals surface area contributed by atoms with Crippen LogP contribution < -0.4 is 4.90 Å². The topological polar surface area (TPSA) is 40.5 Å². The number of ketones is 1. The van der Waals surface area contributed by atoms with E-state index in [1.807, 2.05) is 36.4 Å². The van der Waals surface area contributed by atoms with E-state index in [0.717, 1.165) is 33.4 Å². The molecular formula is C45H35NO2. The number of hydrogen-bond donors (Lipinski definition) is 1. The Bertz CT molecular complexity index is 2120. The first-order valence-corrected chi connectivity index (χ1v) is 16.2. The number of nitrogens with zero attached hydrogens (tertiary/aromatic N) is 1. The highest BCUT2D eigenvalue weighted by molar-refractivity contribution is 6.08. The van der Waals surface area contributed by atoms with Crippen molar-refractivity contribution in [1.29, 1.82) is 0 Å². The summed E-state index contributed by atoms with van der Waals surface area (Å²) < 4.78 is 0. The average Bonchev–Trinajstić information content (AvgIpc) is 3.15. The first-order valence-electron chi connectivity index (χ1n) is 16.2. The summed E-state index contributed by atoms with van der Waals surface area (Å²) in [6, 6.07) is 58.2. The lowest BCUT2D eigenvalue weighted by atomic mass is 9.99. The maximum Gasteiger partial charge on any atom is 0.186 e. The number of carbonyl (C=O) groups is 1. The van der Waals surface area contributed by atoms with Crippen LogP contribution in [0.2, 0.25) is 0 Å². The second kappa shape index (κ2) is 13.8. The lowest BCUT2D eigenvalue weighted by Crippen LogP contribution is -2.09. The van der Waals surface area contributed by atoms with E-state index in [1.54, 1.807) is 25.1 Å². The van der Waals surface area contributed by atoms with Gasteiger partial charge in [-0.1, -0.05) is 133 Å². The Labute approximate surface area is 281 Å². The molecule has 0 radical (unpaired) electrons. The smallest absolute Gasteiger partial charge is 0.186 e. The number of benzene rings is 7. The fourth-order valence-corrected chi connectivity index (χ4v) is 6.16. The molecular weight excluding hydrogens is 587 g/mol. The van der Waals surface area contributed by atoms with Gasteiger partial charge in [0, 0.05) is 22.6 Å². The number of fused-ring (bicyclic) bond motifs is 1. The summed E-state index contributed by atoms with van der Waals surface area (Å²) in [4.78, 5) is 15.3. The van der Waals surface area contributed by atoms with Gasteiger partial charge in [-0.3, -0.25) is 4.79 Å². The van der Waals surface area contributed by atoms with Gasteiger partial charge in [-0.05, 0) is 99.6 Å². The summed E-state index contributed by atoms with van der Waals surface area (Å²) >= 11 is 0. The van der Waals surface area contributed by atoms with Gasteiger partial charge in [0.1, 0.15) is 0 Å². The third-order valence-electron chi connectivity index (χ3n) is 8.67. The molecule has 48 heavy (non-hydrogen) atoms. The molecule has 7 aromatic rings. The third-order valence-corrected chi connectivity index (χ3v) is 8.67. The Kier molecular flexibility index (Phi) is 8.78. The van der Waals surface area contributed by atoms with Crippen LogP contribution >= 0.6 is 0 Å². The van der Waals surface area contributed by atoms with Crippen LogP contribution in [0.3, 0.4) is 0 Å². The maximum absolute atomic E-state index is 13.0. The van der Waals surface area contributed by atoms with Gasteiger partial charge < -0.3 is 10.0 Å². The summed E-state index contributed by atoms with van der Waals surface area (Å²) in [7, 11) is 0. The predicted octanol–water partition coefficient (Wildman–Crippen LogP) is 11.6. The molecule has 3 nitrogen and oxygen atoms in total. The van der Waals surface area contributed by atoms with Crippen molar-refractivity contribution in [2.24, 2.45) is 0 Å². The summed E-state index contributed by atoms with van der Waals surface area (Å²) in [5, 5.41) is 12.3. The SMILES string of the molecule is CC(O)c1ccccc1C(=O)C=Cc1ccc2cc(N(c3ccc(-c4ccccc4)cc3)c3ccc(-c4ccccc4)cc3)ccc2c1. The predicted molar refractivity (Wildman–Crippen MR) is 200 cm³/mol. The molecule has 1 atom stereocenters. The summed E-state index contributed by atoms with van der Waals surface area (Å²) in [5.41, 5.74) is 9.98. The fourth-order valence-electron chi connectivity index (χ4n) is 6.16. The monoisotopic (exact) mass is 621 g/mol. The minimum Gasteiger partial charge on any atom is -0.389 e. The van der Waals surface area contributed by atoms with Gasteiger partial charge in [0.2, 0.25) is 0 Å². The van der Waals surface area contributed by atoms with E-state index < -0.39 is 6.10 Å². The lowest BCUT2D eigenvalue weighted by molar-refractivity contribution is 0.104. The largest absolute Gasteiger partial charge is 0.389 e. The molecule has 0 bridgehead atoms. The van der Waals surface area contributed by atoms with Gasteiger partial charge in [0.05, 0.1) is 6.10 Å². The second-order valence-corrected chi connectivity index (χ2v) is 11.9. The number of hydrogen-bond acceptors (Lipinski definition) is 3. The van der Waals surface area contributed by atoms with E-state index in [9.17, 15) is 9.90 Å². The van der Waals surface area contributed by atoms with Crippen LogP contribution in [0.4, 0.5) is 17.1 Å². The molecule has 0 fully saturated rings. The average molecular weight is 622 g/mol. The number of rotatable bonds is 9. The highest BCUT2D eigenvalue weighted by Crippen LogP contribution is 2.38. The van der Waals surface area contributed by atoms with Gasteiger partial charge in [0.25, 0.3) is 0 Å². The Balaban J connectivity index is 1.21. The molecule has 0 saturated carbocycles. The molecule has 232 valence electrons. The highest BCUT2D eigenvalue weighted by Gasteiger charge is 2.15. The van der Waals surface area contributed by atoms with Crippen LogP contribution in [0.5, 0.6) is 0 Å². The Morgan fingerprint density at radius 2 is 1.02 bits per heavy atom. The van der Waals surface area contributed by atoms with Crippen molar-refractivity contribution >= 4 is 39.7 Å². The fraction of sp³-hybridized carbons (Fsp3) is 0.0444. The van der Waals surface area contributed by atoms with Gasteiger partial charge >= 0.3 is 0 Å². The quantitative estimate of drug-likeness (QED) is 0.129. The lowest BCUT2D eigenvalue weighted by Gasteiger charge is -2.26. The van der Waals surface area contributed by atoms with Crippen LogP contribution in [0.15, 0.2) is 176 Å². The Morgan fingerprint density at radius 3 is 1.60 bits per heavy atom. The van der Waals surface area contributed by atoms with Crippen LogP contribution in [0.25, 0.3) is 39.1 Å². The van der Waals surface area contributed by atoms with Gasteiger partial charge in [-0.15, -0.1) is 0 Å². The van der Waals surface area contributed by atoms with Crippen molar-refractivity contribution in [1.82, 2.24) is 0 Å². The van der Waals surface area contributed by atoms with E-state index in [0.29, 0.717) is 11.1 Å². The van der Waals surface area contributed by atoms with E-state index >= 15 is 0 Å². The molecule has 0 heterocycles. The van der Waals surface area contributed by atoms with E-state index in [-0.39, 0.29) is 5.78 Å². The molecule has 0 aromatic heterocycles. The Hall–Kier alpha value is -6.03. The zero-order valence-electron chi connectivity index (χ0n) is 26.7. The molecule has 7 aromatic carbocycles. The Morgan fingerprint density at radius 1 is 0.542 bits per heavy atom.